The van der Waals surface area contributed by atoms with E-state index in [1.165, 1.54) is 28.9 Å². The van der Waals surface area contributed by atoms with Gasteiger partial charge in [-0.15, -0.1) is 18.3 Å². The van der Waals surface area contributed by atoms with Crippen LogP contribution in [0.1, 0.15) is 5.69 Å². The summed E-state index contributed by atoms with van der Waals surface area (Å²) in [5, 5.41) is 17.4. The first-order chi connectivity index (χ1) is 11.5. The molecule has 0 amide bonds. The molecule has 5 nitrogen and oxygen atoms in total. The Labute approximate surface area is 134 Å². The number of hydrogen-bond donors (Lipinski definition) is 1. The minimum Gasteiger partial charge on any atom is -0.406 e. The molecule has 0 aliphatic heterocycles. The van der Waals surface area contributed by atoms with Crippen LogP contribution in [0, 0.1) is 0 Å². The first-order valence-corrected chi connectivity index (χ1v) is 6.95. The highest BCUT2D eigenvalue weighted by Gasteiger charge is 2.31. The van der Waals surface area contributed by atoms with Gasteiger partial charge in [-0.2, -0.15) is 0 Å². The monoisotopic (exact) mass is 335 g/mol. The van der Waals surface area contributed by atoms with E-state index in [0.29, 0.717) is 17.1 Å². The van der Waals surface area contributed by atoms with Crippen molar-refractivity contribution < 1.29 is 23.0 Å². The van der Waals surface area contributed by atoms with E-state index in [9.17, 15) is 18.3 Å². The third-order valence-corrected chi connectivity index (χ3v) is 3.25. The maximum Gasteiger partial charge on any atom is 0.573 e. The van der Waals surface area contributed by atoms with Crippen molar-refractivity contribution in [2.75, 3.05) is 0 Å². The number of aliphatic hydroxyl groups excluding tert-OH is 1. The molecule has 0 atom stereocenters. The van der Waals surface area contributed by atoms with Crippen molar-refractivity contribution in [2.24, 2.45) is 0 Å². The zero-order valence-electron chi connectivity index (χ0n) is 12.2. The van der Waals surface area contributed by atoms with Crippen molar-refractivity contribution in [3.8, 4) is 22.7 Å². The number of halogens is 3. The highest BCUT2D eigenvalue weighted by molar-refractivity contribution is 5.64. The molecule has 0 spiro atoms. The maximum absolute atomic E-state index is 12.2. The van der Waals surface area contributed by atoms with E-state index >= 15 is 0 Å². The van der Waals surface area contributed by atoms with Crippen LogP contribution in [0.2, 0.25) is 0 Å². The van der Waals surface area contributed by atoms with Crippen molar-refractivity contribution in [1.82, 2.24) is 15.0 Å². The van der Waals surface area contributed by atoms with Crippen molar-refractivity contribution in [1.29, 1.82) is 0 Å². The van der Waals surface area contributed by atoms with Crippen molar-refractivity contribution in [3.05, 3.63) is 60.3 Å². The van der Waals surface area contributed by atoms with Gasteiger partial charge in [0, 0.05) is 5.56 Å². The molecule has 0 radical (unpaired) electrons. The van der Waals surface area contributed by atoms with Crippen LogP contribution in [-0.2, 0) is 6.61 Å². The molecule has 0 aliphatic carbocycles. The molecular formula is C16H12F3N3O2. The standard InChI is InChI=1S/C16H12F3N3O2/c17-16(18,19)24-13-8-6-12(7-9-13)22-15(14(10-23)20-21-22)11-4-2-1-3-5-11/h1-9,23H,10H2. The molecule has 24 heavy (non-hydrogen) atoms. The predicted molar refractivity (Wildman–Crippen MR) is 79.4 cm³/mol. The van der Waals surface area contributed by atoms with Crippen LogP contribution in [0.15, 0.2) is 54.6 Å². The van der Waals surface area contributed by atoms with Crippen LogP contribution in [-0.4, -0.2) is 26.5 Å². The lowest BCUT2D eigenvalue weighted by Gasteiger charge is -2.11. The van der Waals surface area contributed by atoms with E-state index < -0.39 is 6.36 Å². The normalized spacial score (nSPS) is 11.5. The summed E-state index contributed by atoms with van der Waals surface area (Å²) in [6, 6.07) is 14.4. The Morgan fingerprint density at radius 1 is 1.00 bits per heavy atom. The van der Waals surface area contributed by atoms with Crippen LogP contribution >= 0.6 is 0 Å². The smallest absolute Gasteiger partial charge is 0.406 e. The average molecular weight is 335 g/mol. The highest BCUT2D eigenvalue weighted by atomic mass is 19.4. The fourth-order valence-corrected chi connectivity index (χ4v) is 2.27. The number of ether oxygens (including phenoxy) is 1. The maximum atomic E-state index is 12.2. The van der Waals surface area contributed by atoms with Crippen molar-refractivity contribution in [3.63, 3.8) is 0 Å². The van der Waals surface area contributed by atoms with Crippen LogP contribution in [0.3, 0.4) is 0 Å². The number of rotatable bonds is 4. The minimum absolute atomic E-state index is 0.306. The lowest BCUT2D eigenvalue weighted by molar-refractivity contribution is -0.274. The molecule has 0 saturated carbocycles. The molecule has 1 N–H and O–H groups in total. The Hall–Kier alpha value is -2.87. The van der Waals surface area contributed by atoms with E-state index in [4.69, 9.17) is 0 Å². The predicted octanol–water partition coefficient (Wildman–Crippen LogP) is 3.33. The summed E-state index contributed by atoms with van der Waals surface area (Å²) in [5.41, 5.74) is 2.22. The third kappa shape index (κ3) is 3.38. The molecule has 8 heteroatoms. The fraction of sp³-hybridized carbons (Fsp3) is 0.125. The van der Waals surface area contributed by atoms with E-state index in [-0.39, 0.29) is 12.4 Å². The van der Waals surface area contributed by atoms with Gasteiger partial charge in [0.05, 0.1) is 12.3 Å². The summed E-state index contributed by atoms with van der Waals surface area (Å²) in [6.07, 6.45) is -4.74. The van der Waals surface area contributed by atoms with Gasteiger partial charge in [0.2, 0.25) is 0 Å². The van der Waals surface area contributed by atoms with E-state index in [2.05, 4.69) is 15.0 Å². The van der Waals surface area contributed by atoms with Gasteiger partial charge in [-0.3, -0.25) is 0 Å². The quantitative estimate of drug-likeness (QED) is 0.794. The Bertz CT molecular complexity index is 815. The molecule has 1 heterocycles. The second-order valence-electron chi connectivity index (χ2n) is 4.86. The zero-order valence-corrected chi connectivity index (χ0v) is 12.2. The van der Waals surface area contributed by atoms with E-state index in [1.54, 1.807) is 0 Å². The van der Waals surface area contributed by atoms with Gasteiger partial charge < -0.3 is 9.84 Å². The summed E-state index contributed by atoms with van der Waals surface area (Å²) < 4.78 is 42.0. The number of alkyl halides is 3. The first kappa shape index (κ1) is 16.0. The van der Waals surface area contributed by atoms with Crippen LogP contribution in [0.4, 0.5) is 13.2 Å². The van der Waals surface area contributed by atoms with Crippen LogP contribution in [0.5, 0.6) is 5.75 Å². The molecule has 3 rings (SSSR count). The molecule has 0 aliphatic rings. The summed E-state index contributed by atoms with van der Waals surface area (Å²) in [7, 11) is 0. The summed E-state index contributed by atoms with van der Waals surface area (Å²) in [6.45, 7) is -0.306. The topological polar surface area (TPSA) is 60.2 Å². The molecular weight excluding hydrogens is 323 g/mol. The van der Waals surface area contributed by atoms with Gasteiger partial charge >= 0.3 is 6.36 Å². The molecule has 124 valence electrons. The first-order valence-electron chi connectivity index (χ1n) is 6.95. The second kappa shape index (κ2) is 6.32. The summed E-state index contributed by atoms with van der Waals surface area (Å²) in [4.78, 5) is 0. The molecule has 1 aromatic heterocycles. The molecule has 0 bridgehead atoms. The van der Waals surface area contributed by atoms with E-state index in [1.807, 2.05) is 30.3 Å². The molecule has 0 unspecified atom stereocenters. The average Bonchev–Trinajstić information content (AvgIpc) is 2.99. The van der Waals surface area contributed by atoms with Gasteiger partial charge in [0.1, 0.15) is 17.1 Å². The van der Waals surface area contributed by atoms with E-state index in [0.717, 1.165) is 5.56 Å². The Kier molecular flexibility index (Phi) is 4.22. The van der Waals surface area contributed by atoms with Crippen molar-refractivity contribution in [2.45, 2.75) is 13.0 Å². The van der Waals surface area contributed by atoms with Gasteiger partial charge in [0.15, 0.2) is 0 Å². The van der Waals surface area contributed by atoms with Gasteiger partial charge in [-0.05, 0) is 24.3 Å². The third-order valence-electron chi connectivity index (χ3n) is 3.25. The lowest BCUT2D eigenvalue weighted by Crippen LogP contribution is -2.17. The molecule has 2 aromatic carbocycles. The number of aliphatic hydroxyl groups is 1. The van der Waals surface area contributed by atoms with Gasteiger partial charge in [0.25, 0.3) is 0 Å². The Morgan fingerprint density at radius 3 is 2.25 bits per heavy atom. The number of hydrogen-bond acceptors (Lipinski definition) is 4. The zero-order chi connectivity index (χ0) is 17.2. The lowest BCUT2D eigenvalue weighted by atomic mass is 10.1. The number of nitrogens with zero attached hydrogens (tertiary/aromatic N) is 3. The SMILES string of the molecule is OCc1nnn(-c2ccc(OC(F)(F)F)cc2)c1-c1ccccc1. The fourth-order valence-electron chi connectivity index (χ4n) is 2.27. The van der Waals surface area contributed by atoms with Crippen LogP contribution < -0.4 is 4.74 Å². The molecule has 3 aromatic rings. The van der Waals surface area contributed by atoms with Gasteiger partial charge in [-0.1, -0.05) is 35.5 Å². The molecule has 0 fully saturated rings. The van der Waals surface area contributed by atoms with Crippen LogP contribution in [0.25, 0.3) is 16.9 Å². The largest absolute Gasteiger partial charge is 0.573 e. The highest BCUT2D eigenvalue weighted by Crippen LogP contribution is 2.27. The van der Waals surface area contributed by atoms with Crippen molar-refractivity contribution >= 4 is 0 Å². The minimum atomic E-state index is -4.74. The second-order valence-corrected chi connectivity index (χ2v) is 4.86. The summed E-state index contributed by atoms with van der Waals surface area (Å²) >= 11 is 0. The number of aromatic nitrogens is 3. The summed E-state index contributed by atoms with van der Waals surface area (Å²) in [5.74, 6) is -0.324. The Morgan fingerprint density at radius 2 is 1.67 bits per heavy atom. The van der Waals surface area contributed by atoms with Gasteiger partial charge in [-0.25, -0.2) is 4.68 Å². The molecule has 0 saturated heterocycles. The Balaban J connectivity index is 2.00. The number of benzene rings is 2.